The molecule has 0 aliphatic heterocycles. The van der Waals surface area contributed by atoms with Gasteiger partial charge in [-0.15, -0.1) is 0 Å². The lowest BCUT2D eigenvalue weighted by atomic mass is 10.3. The van der Waals surface area contributed by atoms with E-state index in [0.29, 0.717) is 6.07 Å². The SMILES string of the molecule is O=[N+]([O-])c1cc(S(=O)(=O)NCC(F)(F)C(F)F)ccc1Cl. The van der Waals surface area contributed by atoms with Crippen LogP contribution in [0, 0.1) is 10.1 Å². The summed E-state index contributed by atoms with van der Waals surface area (Å²) < 4.78 is 73.7. The van der Waals surface area contributed by atoms with Crippen LogP contribution in [-0.4, -0.2) is 32.2 Å². The molecule has 0 aliphatic rings. The fraction of sp³-hybridized carbons (Fsp3) is 0.333. The molecular weight excluding hydrogens is 344 g/mol. The maximum Gasteiger partial charge on any atom is 0.320 e. The lowest BCUT2D eigenvalue weighted by Crippen LogP contribution is -2.41. The van der Waals surface area contributed by atoms with Gasteiger partial charge in [0.15, 0.2) is 0 Å². The van der Waals surface area contributed by atoms with Gasteiger partial charge in [0.2, 0.25) is 10.0 Å². The minimum atomic E-state index is -4.63. The molecule has 0 heterocycles. The lowest BCUT2D eigenvalue weighted by molar-refractivity contribution is -0.384. The van der Waals surface area contributed by atoms with Crippen molar-refractivity contribution >= 4 is 27.3 Å². The van der Waals surface area contributed by atoms with Crippen molar-refractivity contribution in [1.29, 1.82) is 0 Å². The van der Waals surface area contributed by atoms with Crippen molar-refractivity contribution in [2.45, 2.75) is 17.2 Å². The van der Waals surface area contributed by atoms with E-state index in [1.165, 1.54) is 4.72 Å². The second kappa shape index (κ2) is 6.12. The zero-order valence-electron chi connectivity index (χ0n) is 9.89. The summed E-state index contributed by atoms with van der Waals surface area (Å²) in [6.07, 6.45) is -4.06. The standard InChI is InChI=1S/C9H7ClF4N2O4S/c10-6-2-1-5(3-7(6)16(17)18)21(19,20)15-4-9(13,14)8(11)12/h1-3,8,15H,4H2. The first-order valence-corrected chi connectivity index (χ1v) is 6.93. The molecule has 0 aromatic heterocycles. The zero-order chi connectivity index (χ0) is 16.4. The van der Waals surface area contributed by atoms with E-state index >= 15 is 0 Å². The third-order valence-corrected chi connectivity index (χ3v) is 3.96. The summed E-state index contributed by atoms with van der Waals surface area (Å²) >= 11 is 5.46. The van der Waals surface area contributed by atoms with Crippen molar-refractivity contribution < 1.29 is 30.9 Å². The van der Waals surface area contributed by atoms with Gasteiger partial charge in [-0.1, -0.05) is 11.6 Å². The number of hydrogen-bond acceptors (Lipinski definition) is 4. The first kappa shape index (κ1) is 17.6. The minimum Gasteiger partial charge on any atom is -0.258 e. The summed E-state index contributed by atoms with van der Waals surface area (Å²) in [5, 5.41) is 10.2. The van der Waals surface area contributed by atoms with Crippen molar-refractivity contribution in [3.63, 3.8) is 0 Å². The Labute approximate surface area is 120 Å². The maximum absolute atomic E-state index is 12.7. The summed E-state index contributed by atoms with van der Waals surface area (Å²) in [6, 6.07) is 2.23. The zero-order valence-corrected chi connectivity index (χ0v) is 11.5. The average molecular weight is 351 g/mol. The molecule has 0 radical (unpaired) electrons. The number of nitrogens with zero attached hydrogens (tertiary/aromatic N) is 1. The molecule has 0 bridgehead atoms. The van der Waals surface area contributed by atoms with Crippen LogP contribution in [0.4, 0.5) is 23.2 Å². The normalized spacial score (nSPS) is 12.7. The molecule has 0 aliphatic carbocycles. The Morgan fingerprint density at radius 3 is 2.43 bits per heavy atom. The number of rotatable bonds is 6. The molecule has 0 amide bonds. The molecule has 6 nitrogen and oxygen atoms in total. The lowest BCUT2D eigenvalue weighted by Gasteiger charge is -2.15. The molecule has 0 fully saturated rings. The topological polar surface area (TPSA) is 89.3 Å². The molecule has 0 spiro atoms. The number of alkyl halides is 4. The van der Waals surface area contributed by atoms with Crippen LogP contribution in [0.5, 0.6) is 0 Å². The molecule has 1 aromatic carbocycles. The van der Waals surface area contributed by atoms with Gasteiger partial charge in [0.25, 0.3) is 5.69 Å². The van der Waals surface area contributed by atoms with Crippen molar-refractivity contribution in [3.8, 4) is 0 Å². The fourth-order valence-electron chi connectivity index (χ4n) is 1.15. The molecule has 1 rings (SSSR count). The average Bonchev–Trinajstić information content (AvgIpc) is 2.36. The third-order valence-electron chi connectivity index (χ3n) is 2.24. The Hall–Kier alpha value is -1.46. The summed E-state index contributed by atoms with van der Waals surface area (Å²) in [7, 11) is -4.63. The van der Waals surface area contributed by atoms with Crippen LogP contribution in [0.1, 0.15) is 0 Å². The van der Waals surface area contributed by atoms with Gasteiger partial charge in [0.1, 0.15) is 5.02 Å². The van der Waals surface area contributed by atoms with E-state index < -0.39 is 44.4 Å². The highest BCUT2D eigenvalue weighted by Gasteiger charge is 2.41. The fourth-order valence-corrected chi connectivity index (χ4v) is 2.40. The number of benzene rings is 1. The van der Waals surface area contributed by atoms with Gasteiger partial charge in [-0.3, -0.25) is 10.1 Å². The maximum atomic E-state index is 12.7. The summed E-state index contributed by atoms with van der Waals surface area (Å²) in [5.41, 5.74) is -0.764. The molecular formula is C9H7ClF4N2O4S. The van der Waals surface area contributed by atoms with E-state index in [4.69, 9.17) is 11.6 Å². The monoisotopic (exact) mass is 350 g/mol. The first-order valence-electron chi connectivity index (χ1n) is 5.07. The van der Waals surface area contributed by atoms with Gasteiger partial charge >= 0.3 is 12.3 Å². The van der Waals surface area contributed by atoms with Gasteiger partial charge < -0.3 is 0 Å². The summed E-state index contributed by atoms with van der Waals surface area (Å²) in [6.45, 7) is -1.84. The smallest absolute Gasteiger partial charge is 0.258 e. The Bertz CT molecular complexity index is 653. The van der Waals surface area contributed by atoms with Crippen LogP contribution < -0.4 is 4.72 Å². The molecule has 0 unspecified atom stereocenters. The highest BCUT2D eigenvalue weighted by atomic mass is 35.5. The molecule has 12 heteroatoms. The number of nitrogens with one attached hydrogen (secondary N) is 1. The second-order valence-electron chi connectivity index (χ2n) is 3.76. The van der Waals surface area contributed by atoms with E-state index in [9.17, 15) is 36.1 Å². The molecule has 1 aromatic rings. The highest BCUT2D eigenvalue weighted by Crippen LogP contribution is 2.27. The predicted octanol–water partition coefficient (Wildman–Crippen LogP) is 2.43. The predicted molar refractivity (Wildman–Crippen MR) is 64.2 cm³/mol. The number of nitro benzene ring substituents is 1. The van der Waals surface area contributed by atoms with Gasteiger partial charge in [-0.2, -0.15) is 8.78 Å². The number of halogens is 5. The van der Waals surface area contributed by atoms with Crippen LogP contribution >= 0.6 is 11.6 Å². The van der Waals surface area contributed by atoms with E-state index in [2.05, 4.69) is 0 Å². The van der Waals surface area contributed by atoms with Crippen LogP contribution in [0.15, 0.2) is 23.1 Å². The minimum absolute atomic E-state index is 0.364. The first-order chi connectivity index (χ1) is 9.47. The quantitative estimate of drug-likeness (QED) is 0.485. The molecule has 21 heavy (non-hydrogen) atoms. The van der Waals surface area contributed by atoms with Crippen LogP contribution in [0.2, 0.25) is 5.02 Å². The number of nitro groups is 1. The molecule has 0 atom stereocenters. The second-order valence-corrected chi connectivity index (χ2v) is 5.93. The Morgan fingerprint density at radius 2 is 1.95 bits per heavy atom. The summed E-state index contributed by atoms with van der Waals surface area (Å²) in [4.78, 5) is 8.87. The highest BCUT2D eigenvalue weighted by molar-refractivity contribution is 7.89. The third kappa shape index (κ3) is 4.25. The van der Waals surface area contributed by atoms with E-state index in [1.807, 2.05) is 0 Å². The van der Waals surface area contributed by atoms with Crippen molar-refractivity contribution in [2.24, 2.45) is 0 Å². The largest absolute Gasteiger partial charge is 0.320 e. The van der Waals surface area contributed by atoms with Crippen LogP contribution in [0.3, 0.4) is 0 Å². The van der Waals surface area contributed by atoms with Gasteiger partial charge in [-0.25, -0.2) is 21.9 Å². The van der Waals surface area contributed by atoms with Gasteiger partial charge in [0.05, 0.1) is 16.4 Å². The van der Waals surface area contributed by atoms with E-state index in [1.54, 1.807) is 0 Å². The van der Waals surface area contributed by atoms with Gasteiger partial charge in [0, 0.05) is 6.07 Å². The molecule has 1 N–H and O–H groups in total. The number of sulfonamides is 1. The molecule has 118 valence electrons. The van der Waals surface area contributed by atoms with E-state index in [0.717, 1.165) is 12.1 Å². The van der Waals surface area contributed by atoms with Crippen molar-refractivity contribution in [3.05, 3.63) is 33.3 Å². The Morgan fingerprint density at radius 1 is 1.38 bits per heavy atom. The van der Waals surface area contributed by atoms with Crippen LogP contribution in [0.25, 0.3) is 0 Å². The Kier molecular flexibility index (Phi) is 5.12. The molecule has 0 saturated heterocycles. The van der Waals surface area contributed by atoms with Crippen molar-refractivity contribution in [1.82, 2.24) is 4.72 Å². The van der Waals surface area contributed by atoms with E-state index in [-0.39, 0.29) is 5.02 Å². The van der Waals surface area contributed by atoms with Crippen molar-refractivity contribution in [2.75, 3.05) is 6.54 Å². The Balaban J connectivity index is 3.04. The summed E-state index contributed by atoms with van der Waals surface area (Å²) in [5.74, 6) is -4.56. The number of hydrogen-bond donors (Lipinski definition) is 1. The van der Waals surface area contributed by atoms with Gasteiger partial charge in [-0.05, 0) is 12.1 Å². The van der Waals surface area contributed by atoms with Crippen LogP contribution in [-0.2, 0) is 10.0 Å². The molecule has 0 saturated carbocycles.